The van der Waals surface area contributed by atoms with E-state index in [2.05, 4.69) is 4.90 Å². The van der Waals surface area contributed by atoms with E-state index in [4.69, 9.17) is 19.2 Å². The standard InChI is InChI=1S/C23H29N3O4S.ClH/c1-25(2)14-8-15-26(20(27)13-16-30-17-9-6-5-7-10-17)23-24-21-18(28-3)11-12-19(29-4)22(21)31-23;/h5-7,9-12H,8,13-16H2,1-4H3;1H. The zero-order chi connectivity index (χ0) is 22.2. The lowest BCUT2D eigenvalue weighted by molar-refractivity contribution is -0.119. The summed E-state index contributed by atoms with van der Waals surface area (Å²) in [5.41, 5.74) is 0.702. The van der Waals surface area contributed by atoms with Crippen LogP contribution in [0.3, 0.4) is 0 Å². The van der Waals surface area contributed by atoms with E-state index in [9.17, 15) is 4.79 Å². The van der Waals surface area contributed by atoms with Gasteiger partial charge in [-0.1, -0.05) is 29.5 Å². The molecule has 0 fully saturated rings. The van der Waals surface area contributed by atoms with Crippen molar-refractivity contribution >= 4 is 45.0 Å². The number of anilines is 1. The van der Waals surface area contributed by atoms with Crippen LogP contribution in [0.1, 0.15) is 12.8 Å². The van der Waals surface area contributed by atoms with Crippen LogP contribution < -0.4 is 19.1 Å². The van der Waals surface area contributed by atoms with Crippen LogP contribution in [0.15, 0.2) is 42.5 Å². The Morgan fingerprint density at radius 1 is 1.00 bits per heavy atom. The number of benzene rings is 2. The first-order valence-electron chi connectivity index (χ1n) is 10.2. The summed E-state index contributed by atoms with van der Waals surface area (Å²) >= 11 is 1.44. The second kappa shape index (κ2) is 12.5. The number of thiazole rings is 1. The lowest BCUT2D eigenvalue weighted by Gasteiger charge is -2.21. The molecule has 1 heterocycles. The van der Waals surface area contributed by atoms with E-state index < -0.39 is 0 Å². The molecule has 7 nitrogen and oxygen atoms in total. The highest BCUT2D eigenvalue weighted by atomic mass is 35.5. The Morgan fingerprint density at radius 3 is 2.34 bits per heavy atom. The maximum Gasteiger partial charge on any atom is 0.232 e. The minimum absolute atomic E-state index is 0. The number of fused-ring (bicyclic) bond motifs is 1. The SMILES string of the molecule is COc1ccc(OC)c2sc(N(CCCN(C)C)C(=O)CCOc3ccccc3)nc12.Cl. The van der Waals surface area contributed by atoms with Crippen molar-refractivity contribution < 1.29 is 19.0 Å². The Hall–Kier alpha value is -2.55. The number of ether oxygens (including phenoxy) is 3. The molecule has 0 atom stereocenters. The largest absolute Gasteiger partial charge is 0.495 e. The molecule has 0 aliphatic rings. The number of aromatic nitrogens is 1. The van der Waals surface area contributed by atoms with Crippen LogP contribution in [0, 0.1) is 0 Å². The number of hydrogen-bond acceptors (Lipinski definition) is 7. The lowest BCUT2D eigenvalue weighted by Crippen LogP contribution is -2.34. The summed E-state index contributed by atoms with van der Waals surface area (Å²) in [4.78, 5) is 21.7. The van der Waals surface area contributed by atoms with Crippen LogP contribution >= 0.6 is 23.7 Å². The van der Waals surface area contributed by atoms with Crippen LogP contribution in [0.25, 0.3) is 10.2 Å². The van der Waals surface area contributed by atoms with Gasteiger partial charge in [0.1, 0.15) is 27.5 Å². The molecule has 1 aromatic heterocycles. The van der Waals surface area contributed by atoms with Crippen molar-refractivity contribution in [1.82, 2.24) is 9.88 Å². The van der Waals surface area contributed by atoms with Crippen LogP contribution in [-0.4, -0.2) is 63.8 Å². The molecule has 0 saturated heterocycles. The fraction of sp³-hybridized carbons (Fsp3) is 0.391. The maximum atomic E-state index is 13.1. The molecule has 0 aliphatic heterocycles. The number of hydrogen-bond donors (Lipinski definition) is 0. The number of rotatable bonds is 11. The lowest BCUT2D eigenvalue weighted by atomic mass is 10.3. The van der Waals surface area contributed by atoms with E-state index in [0.29, 0.717) is 35.3 Å². The fourth-order valence-electron chi connectivity index (χ4n) is 3.17. The number of para-hydroxylation sites is 1. The third-order valence-corrected chi connectivity index (χ3v) is 5.84. The van der Waals surface area contributed by atoms with Gasteiger partial charge in [-0.2, -0.15) is 0 Å². The van der Waals surface area contributed by atoms with E-state index in [1.807, 2.05) is 56.6 Å². The van der Waals surface area contributed by atoms with E-state index in [0.717, 1.165) is 23.4 Å². The van der Waals surface area contributed by atoms with Crippen LogP contribution in [0.5, 0.6) is 17.2 Å². The quantitative estimate of drug-likeness (QED) is 0.404. The highest BCUT2D eigenvalue weighted by molar-refractivity contribution is 7.22. The van der Waals surface area contributed by atoms with Gasteiger partial charge in [-0.3, -0.25) is 9.69 Å². The van der Waals surface area contributed by atoms with Gasteiger partial charge in [0.15, 0.2) is 5.13 Å². The Kier molecular flexibility index (Phi) is 10.0. The van der Waals surface area contributed by atoms with Gasteiger partial charge in [0, 0.05) is 6.54 Å². The van der Waals surface area contributed by atoms with Gasteiger partial charge in [-0.25, -0.2) is 4.98 Å². The summed E-state index contributed by atoms with van der Waals surface area (Å²) in [6.07, 6.45) is 1.10. The van der Waals surface area contributed by atoms with E-state index in [-0.39, 0.29) is 24.7 Å². The van der Waals surface area contributed by atoms with Crippen molar-refractivity contribution in [2.24, 2.45) is 0 Å². The van der Waals surface area contributed by atoms with E-state index in [1.165, 1.54) is 11.3 Å². The molecule has 0 bridgehead atoms. The first-order valence-corrected chi connectivity index (χ1v) is 11.0. The predicted molar refractivity (Wildman–Crippen MR) is 132 cm³/mol. The fourth-order valence-corrected chi connectivity index (χ4v) is 4.29. The van der Waals surface area contributed by atoms with Crippen LogP contribution in [0.2, 0.25) is 0 Å². The molecule has 2 aromatic carbocycles. The van der Waals surface area contributed by atoms with Gasteiger partial charge in [0.25, 0.3) is 0 Å². The Labute approximate surface area is 199 Å². The molecule has 0 N–H and O–H groups in total. The van der Waals surface area contributed by atoms with Gasteiger partial charge < -0.3 is 19.1 Å². The minimum Gasteiger partial charge on any atom is -0.495 e. The summed E-state index contributed by atoms with van der Waals surface area (Å²) in [5.74, 6) is 2.11. The first kappa shape index (κ1) is 25.7. The normalized spacial score (nSPS) is 10.7. The third-order valence-electron chi connectivity index (χ3n) is 4.75. The van der Waals surface area contributed by atoms with Crippen molar-refractivity contribution in [1.29, 1.82) is 0 Å². The Morgan fingerprint density at radius 2 is 1.69 bits per heavy atom. The second-order valence-electron chi connectivity index (χ2n) is 7.26. The molecule has 0 spiro atoms. The number of carbonyl (C=O) groups excluding carboxylic acids is 1. The van der Waals surface area contributed by atoms with Crippen LogP contribution in [0.4, 0.5) is 5.13 Å². The number of amides is 1. The Bertz CT molecular complexity index is 957. The smallest absolute Gasteiger partial charge is 0.232 e. The molecule has 0 radical (unpaired) electrons. The zero-order valence-corrected chi connectivity index (χ0v) is 20.5. The zero-order valence-electron chi connectivity index (χ0n) is 18.9. The van der Waals surface area contributed by atoms with Gasteiger partial charge in [-0.15, -0.1) is 12.4 Å². The second-order valence-corrected chi connectivity index (χ2v) is 8.24. The van der Waals surface area contributed by atoms with Crippen molar-refractivity contribution in [2.45, 2.75) is 12.8 Å². The topological polar surface area (TPSA) is 64.1 Å². The maximum absolute atomic E-state index is 13.1. The van der Waals surface area contributed by atoms with Crippen molar-refractivity contribution in [3.8, 4) is 17.2 Å². The minimum atomic E-state index is -0.0216. The molecular formula is C23H30ClN3O4S. The van der Waals surface area contributed by atoms with E-state index in [1.54, 1.807) is 19.1 Å². The summed E-state index contributed by atoms with van der Waals surface area (Å²) in [6, 6.07) is 13.2. The van der Waals surface area contributed by atoms with Crippen molar-refractivity contribution in [3.05, 3.63) is 42.5 Å². The molecule has 32 heavy (non-hydrogen) atoms. The molecule has 0 saturated carbocycles. The van der Waals surface area contributed by atoms with Crippen molar-refractivity contribution in [2.75, 3.05) is 52.9 Å². The molecule has 0 unspecified atom stereocenters. The average molecular weight is 480 g/mol. The summed E-state index contributed by atoms with van der Waals surface area (Å²) in [6.45, 7) is 1.76. The predicted octanol–water partition coefficient (Wildman–Crippen LogP) is 4.49. The first-order chi connectivity index (χ1) is 15.0. The van der Waals surface area contributed by atoms with Gasteiger partial charge >= 0.3 is 0 Å². The Balaban J connectivity index is 0.00000363. The van der Waals surface area contributed by atoms with Gasteiger partial charge in [0.2, 0.25) is 5.91 Å². The van der Waals surface area contributed by atoms with Gasteiger partial charge in [0.05, 0.1) is 27.2 Å². The summed E-state index contributed by atoms with van der Waals surface area (Å²) in [7, 11) is 7.28. The number of halogens is 1. The molecule has 0 aliphatic carbocycles. The average Bonchev–Trinajstić information content (AvgIpc) is 3.21. The third kappa shape index (κ3) is 6.48. The highest BCUT2D eigenvalue weighted by Gasteiger charge is 2.22. The van der Waals surface area contributed by atoms with Crippen LogP contribution in [-0.2, 0) is 4.79 Å². The number of carbonyl (C=O) groups is 1. The molecule has 1 amide bonds. The van der Waals surface area contributed by atoms with E-state index >= 15 is 0 Å². The molecular weight excluding hydrogens is 450 g/mol. The van der Waals surface area contributed by atoms with Gasteiger partial charge in [-0.05, 0) is 51.3 Å². The molecule has 174 valence electrons. The molecule has 9 heteroatoms. The number of nitrogens with zero attached hydrogens (tertiary/aromatic N) is 3. The number of methoxy groups -OCH3 is 2. The molecule has 3 aromatic rings. The monoisotopic (exact) mass is 479 g/mol. The summed E-state index contributed by atoms with van der Waals surface area (Å²) in [5, 5.41) is 0.640. The molecule has 3 rings (SSSR count). The highest BCUT2D eigenvalue weighted by Crippen LogP contribution is 2.40. The summed E-state index contributed by atoms with van der Waals surface area (Å²) < 4.78 is 17.5. The van der Waals surface area contributed by atoms with Crippen molar-refractivity contribution in [3.63, 3.8) is 0 Å².